The number of aliphatic hydroxyl groups is 1. The highest BCUT2D eigenvalue weighted by Gasteiger charge is 2.49. The highest BCUT2D eigenvalue weighted by atomic mass is 16.5. The lowest BCUT2D eigenvalue weighted by Crippen LogP contribution is -2.30. The Hall–Kier alpha value is -4.33. The monoisotopic (exact) mass is 443 g/mol. The number of nitrogens with one attached hydrogen (secondary N) is 1. The molecule has 0 aliphatic carbocycles. The van der Waals surface area contributed by atoms with Crippen LogP contribution in [0.2, 0.25) is 0 Å². The van der Waals surface area contributed by atoms with Crippen molar-refractivity contribution in [1.82, 2.24) is 9.97 Å². The van der Waals surface area contributed by atoms with Crippen molar-refractivity contribution >= 4 is 34.4 Å². The maximum Gasteiger partial charge on any atom is 0.302 e. The Morgan fingerprint density at radius 3 is 2.58 bits per heavy atom. The fourth-order valence-electron chi connectivity index (χ4n) is 4.15. The SMILES string of the molecule is COc1ccc(/C(O)=C2\C(=O)C(=O)N(c3nc4ccccc4[nH]3)C2c2ccc(C)o2)c(C)c1. The summed E-state index contributed by atoms with van der Waals surface area (Å²) in [4.78, 5) is 35.3. The smallest absolute Gasteiger partial charge is 0.302 e. The topological polar surface area (TPSA) is 109 Å². The number of aryl methyl sites for hydroxylation is 2. The summed E-state index contributed by atoms with van der Waals surface area (Å²) in [7, 11) is 1.55. The van der Waals surface area contributed by atoms with E-state index in [1.807, 2.05) is 18.2 Å². The van der Waals surface area contributed by atoms with Gasteiger partial charge in [-0.15, -0.1) is 0 Å². The Morgan fingerprint density at radius 2 is 1.91 bits per heavy atom. The molecule has 1 saturated heterocycles. The van der Waals surface area contributed by atoms with Gasteiger partial charge in [-0.25, -0.2) is 4.98 Å². The third kappa shape index (κ3) is 3.27. The minimum absolute atomic E-state index is 0.0666. The van der Waals surface area contributed by atoms with Crippen molar-refractivity contribution in [3.8, 4) is 5.75 Å². The molecule has 166 valence electrons. The van der Waals surface area contributed by atoms with Gasteiger partial charge in [-0.1, -0.05) is 12.1 Å². The molecular formula is C25H21N3O5. The Labute approximate surface area is 189 Å². The molecule has 1 unspecified atom stereocenters. The number of ketones is 1. The number of methoxy groups -OCH3 is 1. The molecule has 0 bridgehead atoms. The first kappa shape index (κ1) is 20.6. The van der Waals surface area contributed by atoms with Gasteiger partial charge in [0, 0.05) is 5.56 Å². The van der Waals surface area contributed by atoms with E-state index < -0.39 is 17.7 Å². The zero-order valence-corrected chi connectivity index (χ0v) is 18.2. The molecule has 2 aromatic carbocycles. The number of para-hydroxylation sites is 2. The van der Waals surface area contributed by atoms with Crippen LogP contribution in [0.15, 0.2) is 64.6 Å². The average Bonchev–Trinajstić information content (AvgIpc) is 3.49. The standard InChI is InChI=1S/C25H21N3O5/c1-13-12-15(32-3)9-10-16(13)22(29)20-21(19-11-8-14(2)33-19)28(24(31)23(20)30)25-26-17-6-4-5-7-18(17)27-25/h4-12,21,29H,1-3H3,(H,26,27)/b22-20+. The van der Waals surface area contributed by atoms with Gasteiger partial charge in [-0.2, -0.15) is 0 Å². The molecule has 2 aromatic heterocycles. The van der Waals surface area contributed by atoms with Crippen LogP contribution in [0.5, 0.6) is 5.75 Å². The zero-order chi connectivity index (χ0) is 23.3. The molecule has 1 atom stereocenters. The van der Waals surface area contributed by atoms with Crippen LogP contribution in [0.4, 0.5) is 5.95 Å². The molecule has 0 spiro atoms. The molecule has 1 aliphatic rings. The fourth-order valence-corrected chi connectivity index (χ4v) is 4.15. The Morgan fingerprint density at radius 1 is 1.12 bits per heavy atom. The van der Waals surface area contributed by atoms with E-state index in [1.54, 1.807) is 57.4 Å². The number of amides is 1. The summed E-state index contributed by atoms with van der Waals surface area (Å²) in [5.41, 5.74) is 2.41. The molecule has 4 aromatic rings. The molecule has 1 aliphatic heterocycles. The van der Waals surface area contributed by atoms with Gasteiger partial charge in [0.05, 0.1) is 23.7 Å². The molecule has 8 nitrogen and oxygen atoms in total. The highest BCUT2D eigenvalue weighted by molar-refractivity contribution is 6.51. The third-order valence-corrected chi connectivity index (χ3v) is 5.77. The number of rotatable bonds is 4. The van der Waals surface area contributed by atoms with Crippen molar-refractivity contribution in [2.75, 3.05) is 12.0 Å². The maximum atomic E-state index is 13.2. The van der Waals surface area contributed by atoms with Crippen LogP contribution in [-0.2, 0) is 9.59 Å². The first-order valence-corrected chi connectivity index (χ1v) is 10.4. The van der Waals surface area contributed by atoms with Crippen molar-refractivity contribution in [2.45, 2.75) is 19.9 Å². The van der Waals surface area contributed by atoms with Gasteiger partial charge in [0.2, 0.25) is 5.95 Å². The highest BCUT2D eigenvalue weighted by Crippen LogP contribution is 2.42. The minimum atomic E-state index is -0.985. The van der Waals surface area contributed by atoms with Crippen LogP contribution < -0.4 is 9.64 Å². The molecule has 2 N–H and O–H groups in total. The van der Waals surface area contributed by atoms with E-state index in [0.717, 1.165) is 5.52 Å². The second-order valence-corrected chi connectivity index (χ2v) is 7.88. The molecule has 1 fully saturated rings. The van der Waals surface area contributed by atoms with Gasteiger partial charge in [0.15, 0.2) is 0 Å². The lowest BCUT2D eigenvalue weighted by Gasteiger charge is -2.21. The van der Waals surface area contributed by atoms with Gasteiger partial charge in [-0.05, 0) is 61.9 Å². The van der Waals surface area contributed by atoms with E-state index in [-0.39, 0.29) is 17.3 Å². The number of Topliss-reactive ketones (excluding diaryl/α,β-unsaturated/α-hetero) is 1. The van der Waals surface area contributed by atoms with Crippen LogP contribution in [0.1, 0.15) is 28.7 Å². The molecule has 0 radical (unpaired) electrons. The van der Waals surface area contributed by atoms with E-state index in [1.165, 1.54) is 4.90 Å². The number of aromatic amines is 1. The Bertz CT molecular complexity index is 1410. The molecule has 33 heavy (non-hydrogen) atoms. The number of H-pyrrole nitrogens is 1. The van der Waals surface area contributed by atoms with Gasteiger partial charge in [0.1, 0.15) is 29.1 Å². The van der Waals surface area contributed by atoms with Crippen molar-refractivity contribution in [3.05, 3.63) is 82.8 Å². The van der Waals surface area contributed by atoms with Crippen molar-refractivity contribution in [3.63, 3.8) is 0 Å². The first-order valence-electron chi connectivity index (χ1n) is 10.4. The number of furan rings is 1. The number of nitrogens with zero attached hydrogens (tertiary/aromatic N) is 2. The molecule has 0 saturated carbocycles. The number of fused-ring (bicyclic) bond motifs is 1. The predicted molar refractivity (Wildman–Crippen MR) is 122 cm³/mol. The number of ether oxygens (including phenoxy) is 1. The largest absolute Gasteiger partial charge is 0.507 e. The second-order valence-electron chi connectivity index (χ2n) is 7.88. The van der Waals surface area contributed by atoms with E-state index in [4.69, 9.17) is 9.15 Å². The molecular weight excluding hydrogens is 422 g/mol. The molecule has 1 amide bonds. The summed E-state index contributed by atoms with van der Waals surface area (Å²) in [6, 6.07) is 14.8. The van der Waals surface area contributed by atoms with Gasteiger partial charge in [-0.3, -0.25) is 14.5 Å². The number of aliphatic hydroxyl groups excluding tert-OH is 1. The van der Waals surface area contributed by atoms with Crippen LogP contribution in [0.3, 0.4) is 0 Å². The van der Waals surface area contributed by atoms with Crippen molar-refractivity contribution in [1.29, 1.82) is 0 Å². The summed E-state index contributed by atoms with van der Waals surface area (Å²) >= 11 is 0. The van der Waals surface area contributed by atoms with E-state index in [0.29, 0.717) is 33.9 Å². The van der Waals surface area contributed by atoms with E-state index >= 15 is 0 Å². The number of benzene rings is 2. The number of anilines is 1. The Kier molecular flexibility index (Phi) is 4.78. The number of carbonyl (C=O) groups excluding carboxylic acids is 2. The average molecular weight is 443 g/mol. The second kappa shape index (κ2) is 7.67. The summed E-state index contributed by atoms with van der Waals surface area (Å²) < 4.78 is 11.1. The van der Waals surface area contributed by atoms with Crippen molar-refractivity contribution < 1.29 is 23.8 Å². The number of imidazole rings is 1. The van der Waals surface area contributed by atoms with Gasteiger partial charge in [0.25, 0.3) is 5.78 Å². The van der Waals surface area contributed by atoms with Gasteiger partial charge < -0.3 is 19.2 Å². The number of aromatic nitrogens is 2. The summed E-state index contributed by atoms with van der Waals surface area (Å²) in [5.74, 6) is -0.136. The number of carbonyl (C=O) groups is 2. The zero-order valence-electron chi connectivity index (χ0n) is 18.2. The molecule has 3 heterocycles. The third-order valence-electron chi connectivity index (χ3n) is 5.77. The van der Waals surface area contributed by atoms with Gasteiger partial charge >= 0.3 is 5.91 Å². The minimum Gasteiger partial charge on any atom is -0.507 e. The number of hydrogen-bond acceptors (Lipinski definition) is 6. The molecule has 5 rings (SSSR count). The van der Waals surface area contributed by atoms with Crippen LogP contribution >= 0.6 is 0 Å². The summed E-state index contributed by atoms with van der Waals surface area (Å²) in [5, 5.41) is 11.3. The molecule has 8 heteroatoms. The van der Waals surface area contributed by atoms with E-state index in [9.17, 15) is 14.7 Å². The van der Waals surface area contributed by atoms with Crippen LogP contribution in [0.25, 0.3) is 16.8 Å². The van der Waals surface area contributed by atoms with E-state index in [2.05, 4.69) is 9.97 Å². The van der Waals surface area contributed by atoms with Crippen LogP contribution in [0, 0.1) is 13.8 Å². The lowest BCUT2D eigenvalue weighted by atomic mass is 9.97. The Balaban J connectivity index is 1.72. The maximum absolute atomic E-state index is 13.2. The van der Waals surface area contributed by atoms with Crippen molar-refractivity contribution in [2.24, 2.45) is 0 Å². The lowest BCUT2D eigenvalue weighted by molar-refractivity contribution is -0.132. The quantitative estimate of drug-likeness (QED) is 0.275. The fraction of sp³-hybridized carbons (Fsp3) is 0.160. The summed E-state index contributed by atoms with van der Waals surface area (Å²) in [6.07, 6.45) is 0. The van der Waals surface area contributed by atoms with Crippen LogP contribution in [-0.4, -0.2) is 33.9 Å². The predicted octanol–water partition coefficient (Wildman–Crippen LogP) is 4.41. The number of hydrogen-bond donors (Lipinski definition) is 2. The normalized spacial score (nSPS) is 17.8. The first-order chi connectivity index (χ1) is 15.9. The summed E-state index contributed by atoms with van der Waals surface area (Å²) in [6.45, 7) is 3.56.